The van der Waals surface area contributed by atoms with E-state index < -0.39 is 0 Å². The zero-order chi connectivity index (χ0) is 10.6. The molecule has 1 heterocycles. The second-order valence-corrected chi connectivity index (χ2v) is 3.57. The van der Waals surface area contributed by atoms with Crippen molar-refractivity contribution in [2.45, 2.75) is 26.3 Å². The third kappa shape index (κ3) is 3.12. The lowest BCUT2D eigenvalue weighted by Gasteiger charge is -2.14. The van der Waals surface area contributed by atoms with Gasteiger partial charge in [0.15, 0.2) is 0 Å². The van der Waals surface area contributed by atoms with Gasteiger partial charge in [0.05, 0.1) is 0 Å². The van der Waals surface area contributed by atoms with Crippen LogP contribution in [0.3, 0.4) is 0 Å². The van der Waals surface area contributed by atoms with Gasteiger partial charge in [0.2, 0.25) is 5.28 Å². The van der Waals surface area contributed by atoms with Crippen LogP contribution in [0.1, 0.15) is 18.9 Å². The summed E-state index contributed by atoms with van der Waals surface area (Å²) < 4.78 is 0. The maximum absolute atomic E-state index is 8.74. The van der Waals surface area contributed by atoms with Crippen molar-refractivity contribution in [2.24, 2.45) is 0 Å². The van der Waals surface area contributed by atoms with Gasteiger partial charge in [-0.1, -0.05) is 0 Å². The van der Waals surface area contributed by atoms with Crippen LogP contribution in [0, 0.1) is 6.92 Å². The molecule has 78 valence electrons. The average molecular weight is 216 g/mol. The fourth-order valence-electron chi connectivity index (χ4n) is 1.07. The molecule has 0 amide bonds. The monoisotopic (exact) mass is 215 g/mol. The summed E-state index contributed by atoms with van der Waals surface area (Å²) in [5.74, 6) is 0.728. The number of hydrogen-bond acceptors (Lipinski definition) is 4. The number of aliphatic hydroxyl groups is 1. The molecule has 0 fully saturated rings. The van der Waals surface area contributed by atoms with Crippen molar-refractivity contribution >= 4 is 17.4 Å². The molecule has 0 aliphatic heterocycles. The lowest BCUT2D eigenvalue weighted by atomic mass is 10.2. The lowest BCUT2D eigenvalue weighted by Crippen LogP contribution is -2.18. The van der Waals surface area contributed by atoms with E-state index >= 15 is 0 Å². The van der Waals surface area contributed by atoms with Gasteiger partial charge in [-0.2, -0.15) is 0 Å². The predicted molar refractivity (Wildman–Crippen MR) is 56.6 cm³/mol. The van der Waals surface area contributed by atoms with Gasteiger partial charge in [0.25, 0.3) is 0 Å². The first-order chi connectivity index (χ1) is 6.63. The zero-order valence-corrected chi connectivity index (χ0v) is 9.04. The molecule has 1 aromatic heterocycles. The maximum Gasteiger partial charge on any atom is 0.224 e. The van der Waals surface area contributed by atoms with E-state index in [9.17, 15) is 0 Å². The standard InChI is InChI=1S/C9H14ClN3O/c1-6-5-11-9(10)13-8(6)12-7(2)3-4-14/h5,7,14H,3-4H2,1-2H3,(H,11,12,13). The number of aliphatic hydroxyl groups excluding tert-OH is 1. The van der Waals surface area contributed by atoms with Crippen molar-refractivity contribution in [3.8, 4) is 0 Å². The minimum absolute atomic E-state index is 0.159. The molecule has 0 aromatic carbocycles. The Bertz CT molecular complexity index is 306. The number of aromatic nitrogens is 2. The van der Waals surface area contributed by atoms with Crippen molar-refractivity contribution in [2.75, 3.05) is 11.9 Å². The fourth-order valence-corrected chi connectivity index (χ4v) is 1.20. The molecule has 0 bridgehead atoms. The Kier molecular flexibility index (Phi) is 4.10. The van der Waals surface area contributed by atoms with Gasteiger partial charge in [0, 0.05) is 24.4 Å². The Balaban J connectivity index is 2.70. The number of halogens is 1. The Morgan fingerprint density at radius 2 is 2.36 bits per heavy atom. The minimum atomic E-state index is 0.159. The largest absolute Gasteiger partial charge is 0.396 e. The molecular formula is C9H14ClN3O. The molecule has 5 heteroatoms. The molecule has 0 aliphatic carbocycles. The second-order valence-electron chi connectivity index (χ2n) is 3.23. The summed E-state index contributed by atoms with van der Waals surface area (Å²) in [5.41, 5.74) is 0.944. The fraction of sp³-hybridized carbons (Fsp3) is 0.556. The van der Waals surface area contributed by atoms with Crippen LogP contribution in [0.2, 0.25) is 5.28 Å². The third-order valence-electron chi connectivity index (χ3n) is 1.89. The molecule has 1 atom stereocenters. The van der Waals surface area contributed by atoms with Crippen molar-refractivity contribution in [3.63, 3.8) is 0 Å². The first-order valence-electron chi connectivity index (χ1n) is 4.50. The third-order valence-corrected chi connectivity index (χ3v) is 2.07. The van der Waals surface area contributed by atoms with E-state index in [4.69, 9.17) is 16.7 Å². The molecular weight excluding hydrogens is 202 g/mol. The highest BCUT2D eigenvalue weighted by Gasteiger charge is 2.05. The van der Waals surface area contributed by atoms with Crippen LogP contribution in [-0.2, 0) is 0 Å². The Morgan fingerprint density at radius 1 is 1.64 bits per heavy atom. The lowest BCUT2D eigenvalue weighted by molar-refractivity contribution is 0.282. The molecule has 2 N–H and O–H groups in total. The molecule has 0 saturated carbocycles. The van der Waals surface area contributed by atoms with E-state index in [1.807, 2.05) is 13.8 Å². The molecule has 0 aliphatic rings. The van der Waals surface area contributed by atoms with Gasteiger partial charge in [-0.15, -0.1) is 0 Å². The minimum Gasteiger partial charge on any atom is -0.396 e. The SMILES string of the molecule is Cc1cnc(Cl)nc1NC(C)CCO. The van der Waals surface area contributed by atoms with Crippen LogP contribution in [-0.4, -0.2) is 27.7 Å². The number of anilines is 1. The van der Waals surface area contributed by atoms with Crippen LogP contribution >= 0.6 is 11.6 Å². The van der Waals surface area contributed by atoms with Gasteiger partial charge >= 0.3 is 0 Å². The summed E-state index contributed by atoms with van der Waals surface area (Å²) in [4.78, 5) is 7.91. The van der Waals surface area contributed by atoms with E-state index in [0.717, 1.165) is 11.4 Å². The quantitative estimate of drug-likeness (QED) is 0.750. The number of nitrogens with zero attached hydrogens (tertiary/aromatic N) is 2. The Hall–Kier alpha value is -0.870. The molecule has 0 radical (unpaired) electrons. The van der Waals surface area contributed by atoms with E-state index in [-0.39, 0.29) is 17.9 Å². The van der Waals surface area contributed by atoms with Crippen LogP contribution in [0.5, 0.6) is 0 Å². The Morgan fingerprint density at radius 3 is 3.00 bits per heavy atom. The van der Waals surface area contributed by atoms with Gasteiger partial charge in [-0.3, -0.25) is 0 Å². The van der Waals surface area contributed by atoms with Crippen LogP contribution in [0.15, 0.2) is 6.20 Å². The van der Waals surface area contributed by atoms with Gasteiger partial charge in [-0.05, 0) is 31.9 Å². The number of nitrogens with one attached hydrogen (secondary N) is 1. The molecule has 4 nitrogen and oxygen atoms in total. The van der Waals surface area contributed by atoms with Crippen molar-refractivity contribution in [1.82, 2.24) is 9.97 Å². The molecule has 1 rings (SSSR count). The van der Waals surface area contributed by atoms with Gasteiger partial charge in [0.1, 0.15) is 5.82 Å². The van der Waals surface area contributed by atoms with Gasteiger partial charge in [-0.25, -0.2) is 9.97 Å². The van der Waals surface area contributed by atoms with E-state index in [0.29, 0.717) is 6.42 Å². The van der Waals surface area contributed by atoms with Crippen LogP contribution in [0.4, 0.5) is 5.82 Å². The maximum atomic E-state index is 8.74. The highest BCUT2D eigenvalue weighted by molar-refractivity contribution is 6.28. The highest BCUT2D eigenvalue weighted by atomic mass is 35.5. The summed E-state index contributed by atoms with van der Waals surface area (Å²) in [7, 11) is 0. The first kappa shape index (κ1) is 11.2. The summed E-state index contributed by atoms with van der Waals surface area (Å²) in [6, 6.07) is 0.171. The Labute approximate surface area is 88.3 Å². The number of hydrogen-bond donors (Lipinski definition) is 2. The molecule has 14 heavy (non-hydrogen) atoms. The van der Waals surface area contributed by atoms with Crippen LogP contribution < -0.4 is 5.32 Å². The van der Waals surface area contributed by atoms with Crippen molar-refractivity contribution in [3.05, 3.63) is 17.0 Å². The van der Waals surface area contributed by atoms with Crippen molar-refractivity contribution < 1.29 is 5.11 Å². The van der Waals surface area contributed by atoms with Gasteiger partial charge < -0.3 is 10.4 Å². The average Bonchev–Trinajstić information content (AvgIpc) is 2.12. The predicted octanol–water partition coefficient (Wildman–Crippen LogP) is 1.62. The number of aryl methyl sites for hydroxylation is 1. The van der Waals surface area contributed by atoms with Crippen LogP contribution in [0.25, 0.3) is 0 Å². The molecule has 0 spiro atoms. The van der Waals surface area contributed by atoms with E-state index in [2.05, 4.69) is 15.3 Å². The van der Waals surface area contributed by atoms with E-state index in [1.165, 1.54) is 0 Å². The number of rotatable bonds is 4. The second kappa shape index (κ2) is 5.12. The zero-order valence-electron chi connectivity index (χ0n) is 8.29. The summed E-state index contributed by atoms with van der Waals surface area (Å²) in [6.45, 7) is 4.04. The van der Waals surface area contributed by atoms with E-state index in [1.54, 1.807) is 6.20 Å². The summed E-state index contributed by atoms with van der Waals surface area (Å²) >= 11 is 5.67. The molecule has 1 unspecified atom stereocenters. The smallest absolute Gasteiger partial charge is 0.224 e. The molecule has 1 aromatic rings. The van der Waals surface area contributed by atoms with Crippen molar-refractivity contribution in [1.29, 1.82) is 0 Å². The first-order valence-corrected chi connectivity index (χ1v) is 4.88. The topological polar surface area (TPSA) is 58.0 Å². The summed E-state index contributed by atoms with van der Waals surface area (Å²) in [6.07, 6.45) is 2.35. The summed E-state index contributed by atoms with van der Waals surface area (Å²) in [5, 5.41) is 12.1. The normalized spacial score (nSPS) is 12.6. The molecule has 0 saturated heterocycles. The highest BCUT2D eigenvalue weighted by Crippen LogP contribution is 2.14.